The lowest BCUT2D eigenvalue weighted by atomic mass is 9.99. The van der Waals surface area contributed by atoms with Gasteiger partial charge in [0.05, 0.1) is 10.7 Å². The quantitative estimate of drug-likeness (QED) is 0.872. The number of piperidine rings is 1. The lowest BCUT2D eigenvalue weighted by Gasteiger charge is -2.28. The first kappa shape index (κ1) is 12.0. The van der Waals surface area contributed by atoms with Crippen LogP contribution in [0.4, 0.5) is 0 Å². The van der Waals surface area contributed by atoms with Gasteiger partial charge >= 0.3 is 0 Å². The van der Waals surface area contributed by atoms with E-state index in [1.807, 2.05) is 11.3 Å². The predicted molar refractivity (Wildman–Crippen MR) is 69.0 cm³/mol. The summed E-state index contributed by atoms with van der Waals surface area (Å²) in [6, 6.07) is 0. The third kappa shape index (κ3) is 3.03. The van der Waals surface area contributed by atoms with Gasteiger partial charge in [0.15, 0.2) is 0 Å². The molecule has 90 valence electrons. The van der Waals surface area contributed by atoms with Crippen molar-refractivity contribution in [3.05, 3.63) is 16.1 Å². The number of nitrogens with one attached hydrogen (secondary N) is 1. The van der Waals surface area contributed by atoms with Crippen LogP contribution in [0.25, 0.3) is 0 Å². The second-order valence-corrected chi connectivity index (χ2v) is 5.45. The Balaban J connectivity index is 1.95. The van der Waals surface area contributed by atoms with Gasteiger partial charge in [-0.1, -0.05) is 6.92 Å². The van der Waals surface area contributed by atoms with Crippen LogP contribution in [-0.4, -0.2) is 36.6 Å². The zero-order valence-corrected chi connectivity index (χ0v) is 11.0. The van der Waals surface area contributed by atoms with Crippen LogP contribution in [0.1, 0.15) is 36.4 Å². The molecule has 3 nitrogen and oxygen atoms in total. The largest absolute Gasteiger partial charge is 0.311 e. The SMILES string of the molecule is CCNCc1csc(C2CCCN(C)C2)n1. The van der Waals surface area contributed by atoms with E-state index < -0.39 is 0 Å². The second kappa shape index (κ2) is 5.75. The van der Waals surface area contributed by atoms with Gasteiger partial charge in [0.1, 0.15) is 0 Å². The van der Waals surface area contributed by atoms with Crippen molar-refractivity contribution in [3.8, 4) is 0 Å². The van der Waals surface area contributed by atoms with Gasteiger partial charge in [-0.15, -0.1) is 11.3 Å². The number of likely N-dealkylation sites (tertiary alicyclic amines) is 1. The number of hydrogen-bond donors (Lipinski definition) is 1. The first-order valence-corrected chi connectivity index (χ1v) is 7.01. The van der Waals surface area contributed by atoms with Gasteiger partial charge in [0.25, 0.3) is 0 Å². The molecule has 1 N–H and O–H groups in total. The van der Waals surface area contributed by atoms with Gasteiger partial charge < -0.3 is 10.2 Å². The van der Waals surface area contributed by atoms with Crippen molar-refractivity contribution in [3.63, 3.8) is 0 Å². The molecule has 0 radical (unpaired) electrons. The van der Waals surface area contributed by atoms with Crippen molar-refractivity contribution in [2.75, 3.05) is 26.7 Å². The van der Waals surface area contributed by atoms with Gasteiger partial charge in [-0.2, -0.15) is 0 Å². The van der Waals surface area contributed by atoms with Gasteiger partial charge in [0, 0.05) is 24.4 Å². The highest BCUT2D eigenvalue weighted by molar-refractivity contribution is 7.09. The van der Waals surface area contributed by atoms with Gasteiger partial charge in [-0.25, -0.2) is 4.98 Å². The average molecular weight is 239 g/mol. The molecular formula is C12H21N3S. The predicted octanol–water partition coefficient (Wildman–Crippen LogP) is 2.06. The van der Waals surface area contributed by atoms with E-state index in [1.165, 1.54) is 36.6 Å². The molecule has 0 aromatic carbocycles. The number of hydrogen-bond acceptors (Lipinski definition) is 4. The Hall–Kier alpha value is -0.450. The number of thiazole rings is 1. The van der Waals surface area contributed by atoms with E-state index in [0.717, 1.165) is 13.1 Å². The van der Waals surface area contributed by atoms with Gasteiger partial charge in [-0.05, 0) is 33.0 Å². The lowest BCUT2D eigenvalue weighted by molar-refractivity contribution is 0.250. The van der Waals surface area contributed by atoms with E-state index in [4.69, 9.17) is 4.98 Å². The summed E-state index contributed by atoms with van der Waals surface area (Å²) in [6.07, 6.45) is 2.61. The van der Waals surface area contributed by atoms with E-state index in [0.29, 0.717) is 5.92 Å². The monoisotopic (exact) mass is 239 g/mol. The molecule has 4 heteroatoms. The summed E-state index contributed by atoms with van der Waals surface area (Å²) in [5.74, 6) is 0.666. The van der Waals surface area contributed by atoms with E-state index in [9.17, 15) is 0 Å². The maximum absolute atomic E-state index is 4.74. The smallest absolute Gasteiger partial charge is 0.0972 e. The number of aromatic nitrogens is 1. The Kier molecular flexibility index (Phi) is 4.32. The highest BCUT2D eigenvalue weighted by atomic mass is 32.1. The van der Waals surface area contributed by atoms with Crippen LogP contribution >= 0.6 is 11.3 Å². The normalized spacial score (nSPS) is 22.5. The molecule has 1 aliphatic rings. The molecule has 1 aliphatic heterocycles. The second-order valence-electron chi connectivity index (χ2n) is 4.56. The summed E-state index contributed by atoms with van der Waals surface area (Å²) in [4.78, 5) is 7.15. The highest BCUT2D eigenvalue weighted by Gasteiger charge is 2.21. The molecule has 0 aliphatic carbocycles. The zero-order chi connectivity index (χ0) is 11.4. The summed E-state index contributed by atoms with van der Waals surface area (Å²) in [5.41, 5.74) is 1.20. The minimum atomic E-state index is 0.666. The van der Waals surface area contributed by atoms with Crippen molar-refractivity contribution in [2.24, 2.45) is 0 Å². The van der Waals surface area contributed by atoms with Crippen molar-refractivity contribution in [2.45, 2.75) is 32.2 Å². The Morgan fingerprint density at radius 3 is 3.25 bits per heavy atom. The molecule has 0 bridgehead atoms. The molecule has 0 amide bonds. The van der Waals surface area contributed by atoms with Crippen LogP contribution in [0, 0.1) is 0 Å². The molecule has 1 saturated heterocycles. The van der Waals surface area contributed by atoms with Crippen LogP contribution in [0.15, 0.2) is 5.38 Å². The summed E-state index contributed by atoms with van der Waals surface area (Å²) in [5, 5.41) is 6.86. The highest BCUT2D eigenvalue weighted by Crippen LogP contribution is 2.28. The first-order chi connectivity index (χ1) is 7.79. The fourth-order valence-corrected chi connectivity index (χ4v) is 3.16. The summed E-state index contributed by atoms with van der Waals surface area (Å²) in [6.45, 7) is 6.47. The van der Waals surface area contributed by atoms with Crippen LogP contribution in [-0.2, 0) is 6.54 Å². The zero-order valence-electron chi connectivity index (χ0n) is 10.2. The Morgan fingerprint density at radius 1 is 1.62 bits per heavy atom. The Labute approximate surface area is 102 Å². The Bertz CT molecular complexity index is 324. The molecule has 2 rings (SSSR count). The third-order valence-corrected chi connectivity index (χ3v) is 4.16. The van der Waals surface area contributed by atoms with Gasteiger partial charge in [0.2, 0.25) is 0 Å². The average Bonchev–Trinajstić information content (AvgIpc) is 2.75. The van der Waals surface area contributed by atoms with Crippen LogP contribution in [0.5, 0.6) is 0 Å². The molecule has 1 aromatic rings. The van der Waals surface area contributed by atoms with E-state index in [1.54, 1.807) is 0 Å². The topological polar surface area (TPSA) is 28.2 Å². The van der Waals surface area contributed by atoms with Crippen molar-refractivity contribution in [1.29, 1.82) is 0 Å². The third-order valence-electron chi connectivity index (χ3n) is 3.10. The molecule has 2 heterocycles. The minimum absolute atomic E-state index is 0.666. The molecule has 0 spiro atoms. The van der Waals surface area contributed by atoms with Crippen LogP contribution in [0.2, 0.25) is 0 Å². The van der Waals surface area contributed by atoms with Crippen LogP contribution < -0.4 is 5.32 Å². The minimum Gasteiger partial charge on any atom is -0.311 e. The fourth-order valence-electron chi connectivity index (χ4n) is 2.21. The summed E-state index contributed by atoms with van der Waals surface area (Å²) >= 11 is 1.83. The molecule has 1 fully saturated rings. The number of nitrogens with zero attached hydrogens (tertiary/aromatic N) is 2. The van der Waals surface area contributed by atoms with Crippen molar-refractivity contribution < 1.29 is 0 Å². The summed E-state index contributed by atoms with van der Waals surface area (Å²) in [7, 11) is 2.21. The lowest BCUT2D eigenvalue weighted by Crippen LogP contribution is -2.30. The Morgan fingerprint density at radius 2 is 2.50 bits per heavy atom. The summed E-state index contributed by atoms with van der Waals surface area (Å²) < 4.78 is 0. The van der Waals surface area contributed by atoms with Crippen LogP contribution in [0.3, 0.4) is 0 Å². The standard InChI is InChI=1S/C12H21N3S/c1-3-13-7-11-9-16-12(14-11)10-5-4-6-15(2)8-10/h9-10,13H,3-8H2,1-2H3. The number of rotatable bonds is 4. The molecule has 1 aromatic heterocycles. The van der Waals surface area contributed by atoms with Crippen molar-refractivity contribution in [1.82, 2.24) is 15.2 Å². The molecule has 16 heavy (non-hydrogen) atoms. The van der Waals surface area contributed by atoms with E-state index in [-0.39, 0.29) is 0 Å². The van der Waals surface area contributed by atoms with Gasteiger partial charge in [-0.3, -0.25) is 0 Å². The maximum atomic E-state index is 4.74. The fraction of sp³-hybridized carbons (Fsp3) is 0.750. The number of likely N-dealkylation sites (N-methyl/N-ethyl adjacent to an activating group) is 1. The molecule has 0 saturated carbocycles. The molecule has 1 unspecified atom stereocenters. The molecule has 1 atom stereocenters. The van der Waals surface area contributed by atoms with E-state index >= 15 is 0 Å². The van der Waals surface area contributed by atoms with E-state index in [2.05, 4.69) is 29.6 Å². The molecular weight excluding hydrogens is 218 g/mol. The maximum Gasteiger partial charge on any atom is 0.0972 e. The van der Waals surface area contributed by atoms with Crippen molar-refractivity contribution >= 4 is 11.3 Å². The first-order valence-electron chi connectivity index (χ1n) is 6.13.